The van der Waals surface area contributed by atoms with E-state index in [0.717, 1.165) is 0 Å². The Kier molecular flexibility index (Phi) is 11.4. The number of aliphatic carboxylic acids is 3. The SMILES string of the molecule is O=C(CO)[C@H](O)[C@@H](O)[C@H](O)CO.O=C(O)CC(O)(CC(=O)O)C(=O)O. The van der Waals surface area contributed by atoms with Gasteiger partial charge in [0.15, 0.2) is 11.4 Å². The van der Waals surface area contributed by atoms with Gasteiger partial charge < -0.3 is 46.0 Å². The summed E-state index contributed by atoms with van der Waals surface area (Å²) < 4.78 is 0. The minimum Gasteiger partial charge on any atom is -0.481 e. The van der Waals surface area contributed by atoms with Gasteiger partial charge in [0, 0.05) is 0 Å². The van der Waals surface area contributed by atoms with Crippen LogP contribution in [0.5, 0.6) is 0 Å². The summed E-state index contributed by atoms with van der Waals surface area (Å²) in [7, 11) is 0. The van der Waals surface area contributed by atoms with Crippen molar-refractivity contribution in [3.05, 3.63) is 0 Å². The summed E-state index contributed by atoms with van der Waals surface area (Å²) in [5, 5.41) is 76.9. The maximum absolute atomic E-state index is 10.5. The third-order valence-electron chi connectivity index (χ3n) is 2.68. The van der Waals surface area contributed by atoms with E-state index in [9.17, 15) is 19.2 Å². The van der Waals surface area contributed by atoms with E-state index in [1.165, 1.54) is 0 Å². The zero-order valence-corrected chi connectivity index (χ0v) is 12.7. The summed E-state index contributed by atoms with van der Waals surface area (Å²) in [6, 6.07) is 0. The third-order valence-corrected chi connectivity index (χ3v) is 2.68. The molecule has 146 valence electrons. The number of Topliss-reactive ketones (excluding diaryl/α,β-unsaturated/α-hetero) is 1. The van der Waals surface area contributed by atoms with Crippen LogP contribution in [0, 0.1) is 0 Å². The Labute approximate surface area is 140 Å². The monoisotopic (exact) mass is 372 g/mol. The van der Waals surface area contributed by atoms with Crippen molar-refractivity contribution in [1.82, 2.24) is 0 Å². The molecule has 0 aliphatic heterocycles. The van der Waals surface area contributed by atoms with E-state index in [1.54, 1.807) is 0 Å². The van der Waals surface area contributed by atoms with E-state index < -0.39 is 73.7 Å². The fourth-order valence-corrected chi connectivity index (χ4v) is 1.32. The molecule has 0 aromatic carbocycles. The predicted molar refractivity (Wildman–Crippen MR) is 74.3 cm³/mol. The number of ketones is 1. The predicted octanol–water partition coefficient (Wildman–Crippen LogP) is -4.63. The molecule has 9 N–H and O–H groups in total. The van der Waals surface area contributed by atoms with Gasteiger partial charge in [0.05, 0.1) is 19.4 Å². The number of carbonyl (C=O) groups is 4. The average Bonchev–Trinajstić information content (AvgIpc) is 2.50. The fraction of sp³-hybridized carbons (Fsp3) is 0.667. The second-order valence-electron chi connectivity index (χ2n) is 4.79. The molecule has 0 fully saturated rings. The van der Waals surface area contributed by atoms with Crippen molar-refractivity contribution in [3.63, 3.8) is 0 Å². The lowest BCUT2D eigenvalue weighted by molar-refractivity contribution is -0.170. The van der Waals surface area contributed by atoms with Gasteiger partial charge in [-0.3, -0.25) is 14.4 Å². The zero-order valence-electron chi connectivity index (χ0n) is 12.7. The van der Waals surface area contributed by atoms with E-state index >= 15 is 0 Å². The lowest BCUT2D eigenvalue weighted by atomic mass is 9.96. The molecule has 3 atom stereocenters. The highest BCUT2D eigenvalue weighted by atomic mass is 16.4. The van der Waals surface area contributed by atoms with Crippen LogP contribution in [-0.2, 0) is 19.2 Å². The molecule has 0 aliphatic carbocycles. The highest BCUT2D eigenvalue weighted by molar-refractivity contribution is 5.88. The first-order chi connectivity index (χ1) is 11.3. The van der Waals surface area contributed by atoms with Crippen molar-refractivity contribution < 1.29 is 65.1 Å². The molecule has 0 radical (unpaired) electrons. The van der Waals surface area contributed by atoms with E-state index in [2.05, 4.69) is 0 Å². The lowest BCUT2D eigenvalue weighted by Gasteiger charge is -2.19. The smallest absolute Gasteiger partial charge is 0.336 e. The van der Waals surface area contributed by atoms with Crippen LogP contribution in [-0.4, -0.2) is 107 Å². The Morgan fingerprint density at radius 2 is 1.24 bits per heavy atom. The maximum Gasteiger partial charge on any atom is 0.336 e. The topological polar surface area (TPSA) is 250 Å². The van der Waals surface area contributed by atoms with Crippen LogP contribution < -0.4 is 0 Å². The van der Waals surface area contributed by atoms with Crippen molar-refractivity contribution in [1.29, 1.82) is 0 Å². The van der Waals surface area contributed by atoms with E-state index in [4.69, 9.17) is 46.0 Å². The van der Waals surface area contributed by atoms with Crippen LogP contribution in [0.15, 0.2) is 0 Å². The molecule has 0 spiro atoms. The molecular formula is C12H20O13. The van der Waals surface area contributed by atoms with Gasteiger partial charge in [-0.15, -0.1) is 0 Å². The largest absolute Gasteiger partial charge is 0.481 e. The summed E-state index contributed by atoms with van der Waals surface area (Å²) >= 11 is 0. The second kappa shape index (κ2) is 11.4. The second-order valence-corrected chi connectivity index (χ2v) is 4.79. The first kappa shape index (κ1) is 25.1. The fourth-order valence-electron chi connectivity index (χ4n) is 1.32. The van der Waals surface area contributed by atoms with Gasteiger partial charge in [-0.2, -0.15) is 0 Å². The zero-order chi connectivity index (χ0) is 20.4. The van der Waals surface area contributed by atoms with Crippen LogP contribution in [0.3, 0.4) is 0 Å². The number of hydrogen-bond acceptors (Lipinski definition) is 10. The summed E-state index contributed by atoms with van der Waals surface area (Å²) in [4.78, 5) is 41.0. The van der Waals surface area contributed by atoms with Crippen molar-refractivity contribution in [3.8, 4) is 0 Å². The van der Waals surface area contributed by atoms with E-state index in [0.29, 0.717) is 0 Å². The third kappa shape index (κ3) is 9.65. The van der Waals surface area contributed by atoms with Crippen molar-refractivity contribution in [2.24, 2.45) is 0 Å². The minimum absolute atomic E-state index is 0.767. The van der Waals surface area contributed by atoms with Gasteiger partial charge in [0.2, 0.25) is 0 Å². The minimum atomic E-state index is -2.74. The molecule has 0 saturated heterocycles. The van der Waals surface area contributed by atoms with Crippen LogP contribution in [0.25, 0.3) is 0 Å². The standard InChI is InChI=1S/C6H8O7.C6H12O6/c7-3(8)1-6(13,5(11)12)2-4(9)10;7-1-3(9)5(11)6(12)4(10)2-8/h13H,1-2H2,(H,7,8)(H,9,10)(H,11,12);3,5-9,11-12H,1-2H2/t;3-,5+,6+/m.1/s1. The number of carbonyl (C=O) groups excluding carboxylic acids is 1. The molecule has 13 nitrogen and oxygen atoms in total. The van der Waals surface area contributed by atoms with Gasteiger partial charge in [-0.25, -0.2) is 4.79 Å². The normalized spacial score (nSPS) is 14.5. The Bertz CT molecular complexity index is 458. The van der Waals surface area contributed by atoms with Crippen LogP contribution >= 0.6 is 0 Å². The van der Waals surface area contributed by atoms with Gasteiger partial charge >= 0.3 is 17.9 Å². The molecule has 25 heavy (non-hydrogen) atoms. The highest BCUT2D eigenvalue weighted by Gasteiger charge is 2.40. The number of carboxylic acids is 3. The van der Waals surface area contributed by atoms with Crippen molar-refractivity contribution in [2.75, 3.05) is 13.2 Å². The molecular weight excluding hydrogens is 352 g/mol. The first-order valence-electron chi connectivity index (χ1n) is 6.50. The quantitative estimate of drug-likeness (QED) is 0.175. The first-order valence-corrected chi connectivity index (χ1v) is 6.50. The number of hydrogen-bond donors (Lipinski definition) is 9. The van der Waals surface area contributed by atoms with Gasteiger partial charge in [0.1, 0.15) is 24.9 Å². The molecule has 13 heteroatoms. The molecule has 0 heterocycles. The lowest BCUT2D eigenvalue weighted by Crippen LogP contribution is -2.44. The molecule has 0 saturated carbocycles. The molecule has 0 amide bonds. The summed E-state index contributed by atoms with van der Waals surface area (Å²) in [6.07, 6.45) is -7.51. The Hall–Kier alpha value is -2.16. The van der Waals surface area contributed by atoms with Gasteiger partial charge in [-0.1, -0.05) is 0 Å². The summed E-state index contributed by atoms with van der Waals surface area (Å²) in [5.74, 6) is -6.02. The average molecular weight is 372 g/mol. The Morgan fingerprint density at radius 1 is 0.840 bits per heavy atom. The van der Waals surface area contributed by atoms with Crippen molar-refractivity contribution in [2.45, 2.75) is 36.8 Å². The molecule has 0 rings (SSSR count). The number of aliphatic hydroxyl groups is 6. The Morgan fingerprint density at radius 3 is 1.48 bits per heavy atom. The van der Waals surface area contributed by atoms with E-state index in [-0.39, 0.29) is 0 Å². The Balaban J connectivity index is 0. The molecule has 0 unspecified atom stereocenters. The number of rotatable bonds is 10. The number of aliphatic hydroxyl groups excluding tert-OH is 5. The maximum atomic E-state index is 10.5. The number of carboxylic acid groups (broad SMARTS) is 3. The summed E-state index contributed by atoms with van der Waals surface area (Å²) in [6.45, 7) is -1.69. The van der Waals surface area contributed by atoms with Gasteiger partial charge in [-0.05, 0) is 0 Å². The summed E-state index contributed by atoms with van der Waals surface area (Å²) in [5.41, 5.74) is -2.74. The molecule has 0 aromatic heterocycles. The van der Waals surface area contributed by atoms with Gasteiger partial charge in [0.25, 0.3) is 0 Å². The highest BCUT2D eigenvalue weighted by Crippen LogP contribution is 2.15. The molecule has 0 aliphatic rings. The molecule has 0 bridgehead atoms. The van der Waals surface area contributed by atoms with Crippen LogP contribution in [0.2, 0.25) is 0 Å². The van der Waals surface area contributed by atoms with Crippen molar-refractivity contribution >= 4 is 23.7 Å². The van der Waals surface area contributed by atoms with E-state index in [1.807, 2.05) is 0 Å². The van der Waals surface area contributed by atoms with Crippen LogP contribution in [0.1, 0.15) is 12.8 Å². The molecule has 0 aromatic rings. The van der Waals surface area contributed by atoms with Crippen LogP contribution in [0.4, 0.5) is 0 Å².